The number of rotatable bonds is 10. The molecule has 6 rings (SSSR count). The molecule has 2 aliphatic rings. The van der Waals surface area contributed by atoms with E-state index in [-0.39, 0.29) is 6.10 Å². The van der Waals surface area contributed by atoms with Gasteiger partial charge in [-0.3, -0.25) is 4.90 Å². The first-order valence-corrected chi connectivity index (χ1v) is 14.6. The van der Waals surface area contributed by atoms with Crippen molar-refractivity contribution in [3.8, 4) is 11.5 Å². The second-order valence-corrected chi connectivity index (χ2v) is 11.4. The molecule has 41 heavy (non-hydrogen) atoms. The van der Waals surface area contributed by atoms with Gasteiger partial charge in [0.15, 0.2) is 0 Å². The van der Waals surface area contributed by atoms with Crippen LogP contribution in [-0.4, -0.2) is 54.0 Å². The van der Waals surface area contributed by atoms with Gasteiger partial charge in [-0.05, 0) is 65.9 Å². The van der Waals surface area contributed by atoms with Gasteiger partial charge in [0.25, 0.3) is 0 Å². The standard InChI is InChI=1S/C32H33Cl2N3O4/c1-38-27-6-2-23(3-7-27)10-13-36-14-11-24-16-28(8-4-25(24)18-36)39-19-29-20-40-32(41-29,21-37-15-12-35-22-37)30-9-5-26(33)17-31(30)34/h2-9,12,15-17,22,29H,10-11,13-14,18-21H2,1H3. The first-order chi connectivity index (χ1) is 20.0. The van der Waals surface area contributed by atoms with E-state index in [1.807, 2.05) is 29.0 Å². The summed E-state index contributed by atoms with van der Waals surface area (Å²) in [5, 5.41) is 1.05. The van der Waals surface area contributed by atoms with E-state index >= 15 is 0 Å². The molecule has 3 heterocycles. The van der Waals surface area contributed by atoms with E-state index in [4.69, 9.17) is 42.1 Å². The maximum absolute atomic E-state index is 6.59. The number of benzene rings is 3. The Kier molecular flexibility index (Phi) is 8.51. The Balaban J connectivity index is 1.06. The fourth-order valence-electron chi connectivity index (χ4n) is 5.51. The highest BCUT2D eigenvalue weighted by molar-refractivity contribution is 6.35. The van der Waals surface area contributed by atoms with Crippen molar-refractivity contribution in [3.05, 3.63) is 112 Å². The van der Waals surface area contributed by atoms with E-state index in [2.05, 4.69) is 40.2 Å². The fourth-order valence-corrected chi connectivity index (χ4v) is 6.06. The van der Waals surface area contributed by atoms with Crippen molar-refractivity contribution in [1.29, 1.82) is 0 Å². The Morgan fingerprint density at radius 2 is 1.88 bits per heavy atom. The van der Waals surface area contributed by atoms with E-state index < -0.39 is 5.79 Å². The SMILES string of the molecule is COc1ccc(CCN2CCc3cc(OCC4COC(Cn5ccnc5)(c5ccc(Cl)cc5Cl)O4)ccc3C2)cc1. The van der Waals surface area contributed by atoms with E-state index in [9.17, 15) is 0 Å². The number of aromatic nitrogens is 2. The summed E-state index contributed by atoms with van der Waals surface area (Å²) in [5.74, 6) is 0.669. The van der Waals surface area contributed by atoms with E-state index in [0.717, 1.165) is 49.5 Å². The van der Waals surface area contributed by atoms with Crippen molar-refractivity contribution in [2.45, 2.75) is 37.8 Å². The first-order valence-electron chi connectivity index (χ1n) is 13.8. The summed E-state index contributed by atoms with van der Waals surface area (Å²) >= 11 is 12.8. The number of hydrogen-bond acceptors (Lipinski definition) is 6. The molecule has 9 heteroatoms. The molecule has 214 valence electrons. The second kappa shape index (κ2) is 12.4. The van der Waals surface area contributed by atoms with Gasteiger partial charge in [0.1, 0.15) is 24.2 Å². The van der Waals surface area contributed by atoms with Crippen LogP contribution in [0.15, 0.2) is 79.4 Å². The van der Waals surface area contributed by atoms with Gasteiger partial charge < -0.3 is 23.5 Å². The Bertz CT molecular complexity index is 1460. The maximum atomic E-state index is 6.59. The molecule has 2 unspecified atom stereocenters. The van der Waals surface area contributed by atoms with Crippen LogP contribution >= 0.6 is 23.2 Å². The van der Waals surface area contributed by atoms with Crippen molar-refractivity contribution >= 4 is 23.2 Å². The molecule has 2 aliphatic heterocycles. The lowest BCUT2D eigenvalue weighted by Crippen LogP contribution is -2.34. The Hall–Kier alpha value is -3.07. The van der Waals surface area contributed by atoms with Gasteiger partial charge in [0, 0.05) is 42.6 Å². The van der Waals surface area contributed by atoms with Crippen LogP contribution < -0.4 is 9.47 Å². The minimum Gasteiger partial charge on any atom is -0.497 e. The molecule has 1 aromatic heterocycles. The van der Waals surface area contributed by atoms with Gasteiger partial charge in [0.2, 0.25) is 5.79 Å². The van der Waals surface area contributed by atoms with Crippen LogP contribution in [0.1, 0.15) is 22.3 Å². The number of hydrogen-bond donors (Lipinski definition) is 0. The normalized spacial score (nSPS) is 20.6. The van der Waals surface area contributed by atoms with Gasteiger partial charge in [-0.1, -0.05) is 47.5 Å². The molecule has 4 aromatic rings. The molecule has 1 fully saturated rings. The third kappa shape index (κ3) is 6.55. The van der Waals surface area contributed by atoms with Crippen molar-refractivity contribution in [2.75, 3.05) is 33.4 Å². The minimum atomic E-state index is -1.07. The van der Waals surface area contributed by atoms with Crippen molar-refractivity contribution in [2.24, 2.45) is 0 Å². The summed E-state index contributed by atoms with van der Waals surface area (Å²) in [5.41, 5.74) is 4.75. The lowest BCUT2D eigenvalue weighted by Gasteiger charge is -2.30. The topological polar surface area (TPSA) is 58.0 Å². The van der Waals surface area contributed by atoms with Crippen LogP contribution in [-0.2, 0) is 41.2 Å². The maximum Gasteiger partial charge on any atom is 0.215 e. The predicted molar refractivity (Wildman–Crippen MR) is 159 cm³/mol. The molecule has 7 nitrogen and oxygen atoms in total. The Labute approximate surface area is 250 Å². The quantitative estimate of drug-likeness (QED) is 0.220. The third-order valence-corrected chi connectivity index (χ3v) is 8.28. The first kappa shape index (κ1) is 28.1. The molecule has 0 bridgehead atoms. The molecule has 0 amide bonds. The van der Waals surface area contributed by atoms with Crippen molar-refractivity contribution < 1.29 is 18.9 Å². The number of methoxy groups -OCH3 is 1. The Morgan fingerprint density at radius 3 is 2.66 bits per heavy atom. The summed E-state index contributed by atoms with van der Waals surface area (Å²) in [7, 11) is 1.70. The van der Waals surface area contributed by atoms with Crippen LogP contribution in [0.4, 0.5) is 0 Å². The zero-order valence-electron chi connectivity index (χ0n) is 23.0. The van der Waals surface area contributed by atoms with Crippen LogP contribution in [0.5, 0.6) is 11.5 Å². The van der Waals surface area contributed by atoms with Crippen LogP contribution in [0, 0.1) is 0 Å². The summed E-state index contributed by atoms with van der Waals surface area (Å²) in [6.45, 7) is 4.15. The second-order valence-electron chi connectivity index (χ2n) is 10.5. The molecule has 3 aromatic carbocycles. The van der Waals surface area contributed by atoms with Crippen LogP contribution in [0.3, 0.4) is 0 Å². The summed E-state index contributed by atoms with van der Waals surface area (Å²) in [6.07, 6.45) is 7.08. The summed E-state index contributed by atoms with van der Waals surface area (Å²) in [4.78, 5) is 6.67. The van der Waals surface area contributed by atoms with Gasteiger partial charge in [0.05, 0.1) is 31.6 Å². The highest BCUT2D eigenvalue weighted by Gasteiger charge is 2.45. The molecule has 1 saturated heterocycles. The number of halogens is 2. The van der Waals surface area contributed by atoms with Crippen LogP contribution in [0.25, 0.3) is 0 Å². The molecular weight excluding hydrogens is 561 g/mol. The number of imidazole rings is 1. The predicted octanol–water partition coefficient (Wildman–Crippen LogP) is 6.15. The van der Waals surface area contributed by atoms with E-state index in [0.29, 0.717) is 29.8 Å². The van der Waals surface area contributed by atoms with Crippen molar-refractivity contribution in [1.82, 2.24) is 14.5 Å². The van der Waals surface area contributed by atoms with Crippen molar-refractivity contribution in [3.63, 3.8) is 0 Å². The molecule has 0 saturated carbocycles. The average molecular weight is 595 g/mol. The van der Waals surface area contributed by atoms with Gasteiger partial charge in [-0.2, -0.15) is 0 Å². The zero-order chi connectivity index (χ0) is 28.2. The van der Waals surface area contributed by atoms with Gasteiger partial charge in [-0.25, -0.2) is 4.98 Å². The fraction of sp³-hybridized carbons (Fsp3) is 0.344. The highest BCUT2D eigenvalue weighted by atomic mass is 35.5. The molecule has 0 spiro atoms. The lowest BCUT2D eigenvalue weighted by molar-refractivity contribution is -0.189. The Morgan fingerprint density at radius 1 is 1.02 bits per heavy atom. The molecule has 0 N–H and O–H groups in total. The zero-order valence-corrected chi connectivity index (χ0v) is 24.5. The molecular formula is C32H33Cl2N3O4. The molecule has 0 radical (unpaired) electrons. The monoisotopic (exact) mass is 593 g/mol. The number of fused-ring (bicyclic) bond motifs is 1. The number of nitrogens with zero attached hydrogens (tertiary/aromatic N) is 3. The summed E-state index contributed by atoms with van der Waals surface area (Å²) in [6, 6.07) is 20.1. The van der Waals surface area contributed by atoms with E-state index in [1.165, 1.54) is 16.7 Å². The average Bonchev–Trinajstić information content (AvgIpc) is 3.65. The minimum absolute atomic E-state index is 0.269. The summed E-state index contributed by atoms with van der Waals surface area (Å²) < 4.78 is 26.2. The highest BCUT2D eigenvalue weighted by Crippen LogP contribution is 2.40. The van der Waals surface area contributed by atoms with Gasteiger partial charge >= 0.3 is 0 Å². The smallest absolute Gasteiger partial charge is 0.215 e. The molecule has 2 atom stereocenters. The lowest BCUT2D eigenvalue weighted by atomic mass is 9.99. The number of ether oxygens (including phenoxy) is 4. The van der Waals surface area contributed by atoms with E-state index in [1.54, 1.807) is 31.8 Å². The van der Waals surface area contributed by atoms with Crippen LogP contribution in [0.2, 0.25) is 10.0 Å². The largest absolute Gasteiger partial charge is 0.497 e. The molecule has 0 aliphatic carbocycles. The van der Waals surface area contributed by atoms with Gasteiger partial charge in [-0.15, -0.1) is 0 Å². The third-order valence-electron chi connectivity index (χ3n) is 7.73.